The van der Waals surface area contributed by atoms with Crippen LogP contribution in [0.4, 0.5) is 17.1 Å². The average molecular weight is 481 g/mol. The maximum atomic E-state index is 12.2. The van der Waals surface area contributed by atoms with Crippen molar-refractivity contribution in [3.05, 3.63) is 68.4 Å². The van der Waals surface area contributed by atoms with Gasteiger partial charge in [-0.3, -0.25) is 14.9 Å². The van der Waals surface area contributed by atoms with Gasteiger partial charge in [-0.25, -0.2) is 0 Å². The number of nitro groups is 1. The van der Waals surface area contributed by atoms with Crippen molar-refractivity contribution in [3.8, 4) is 0 Å². The zero-order valence-corrected chi connectivity index (χ0v) is 18.7. The highest BCUT2D eigenvalue weighted by atomic mass is 35.5. The zero-order valence-electron chi connectivity index (χ0n) is 16.3. The van der Waals surface area contributed by atoms with Crippen LogP contribution < -0.4 is 10.6 Å². The van der Waals surface area contributed by atoms with E-state index in [1.165, 1.54) is 36.0 Å². The maximum absolute atomic E-state index is 12.2. The van der Waals surface area contributed by atoms with Crippen LogP contribution in [0, 0.1) is 10.1 Å². The second-order valence-electron chi connectivity index (χ2n) is 6.26. The summed E-state index contributed by atoms with van der Waals surface area (Å²) in [4.78, 5) is 22.4. The highest BCUT2D eigenvalue weighted by molar-refractivity contribution is 7.99. The average Bonchev–Trinajstić information content (AvgIpc) is 3.15. The number of carbonyl (C=O) groups is 1. The SMILES string of the molecule is CCn1c(CNc2cc(Cl)ccc2Cl)nnc1SCC(=O)Nc1ccc([N+](=O)[O-])cc1. The lowest BCUT2D eigenvalue weighted by atomic mass is 10.3. The van der Waals surface area contributed by atoms with Crippen molar-refractivity contribution in [1.29, 1.82) is 0 Å². The number of carbonyl (C=O) groups excluding carboxylic acids is 1. The van der Waals surface area contributed by atoms with E-state index in [9.17, 15) is 14.9 Å². The number of aromatic nitrogens is 3. The first-order chi connectivity index (χ1) is 14.9. The van der Waals surface area contributed by atoms with E-state index in [-0.39, 0.29) is 17.3 Å². The molecule has 9 nitrogen and oxygen atoms in total. The number of nitro benzene ring substituents is 1. The number of thioether (sulfide) groups is 1. The van der Waals surface area contributed by atoms with Crippen LogP contribution in [0.3, 0.4) is 0 Å². The van der Waals surface area contributed by atoms with E-state index in [2.05, 4.69) is 20.8 Å². The smallest absolute Gasteiger partial charge is 0.269 e. The van der Waals surface area contributed by atoms with Gasteiger partial charge >= 0.3 is 0 Å². The van der Waals surface area contributed by atoms with Gasteiger partial charge in [-0.15, -0.1) is 10.2 Å². The Morgan fingerprint density at radius 3 is 2.61 bits per heavy atom. The van der Waals surface area contributed by atoms with Crippen molar-refractivity contribution in [2.45, 2.75) is 25.2 Å². The first-order valence-corrected chi connectivity index (χ1v) is 10.9. The molecule has 0 bridgehead atoms. The molecule has 1 heterocycles. The molecule has 0 aliphatic heterocycles. The number of non-ortho nitro benzene ring substituents is 1. The van der Waals surface area contributed by atoms with Crippen LogP contribution in [0.2, 0.25) is 10.0 Å². The quantitative estimate of drug-likeness (QED) is 0.255. The molecular weight excluding hydrogens is 463 g/mol. The number of hydrogen-bond donors (Lipinski definition) is 2. The van der Waals surface area contributed by atoms with Crippen LogP contribution in [0.15, 0.2) is 47.6 Å². The molecule has 31 heavy (non-hydrogen) atoms. The van der Waals surface area contributed by atoms with E-state index in [1.807, 2.05) is 11.5 Å². The van der Waals surface area contributed by atoms with Gasteiger partial charge in [0.05, 0.1) is 27.9 Å². The van der Waals surface area contributed by atoms with E-state index in [1.54, 1.807) is 18.2 Å². The van der Waals surface area contributed by atoms with Crippen molar-refractivity contribution < 1.29 is 9.72 Å². The Morgan fingerprint density at radius 1 is 1.19 bits per heavy atom. The number of amides is 1. The molecule has 1 amide bonds. The first-order valence-electron chi connectivity index (χ1n) is 9.15. The number of halogens is 2. The Morgan fingerprint density at radius 2 is 1.94 bits per heavy atom. The first kappa shape index (κ1) is 22.9. The highest BCUT2D eigenvalue weighted by Crippen LogP contribution is 2.26. The van der Waals surface area contributed by atoms with Crippen molar-refractivity contribution in [1.82, 2.24) is 14.8 Å². The Kier molecular flexibility index (Phi) is 7.72. The minimum absolute atomic E-state index is 0.0383. The summed E-state index contributed by atoms with van der Waals surface area (Å²) in [7, 11) is 0. The third-order valence-electron chi connectivity index (χ3n) is 4.17. The number of nitrogens with one attached hydrogen (secondary N) is 2. The van der Waals surface area contributed by atoms with Crippen molar-refractivity contribution in [2.24, 2.45) is 0 Å². The molecular formula is C19H18Cl2N6O3S. The van der Waals surface area contributed by atoms with E-state index in [4.69, 9.17) is 23.2 Å². The molecule has 3 rings (SSSR count). The monoisotopic (exact) mass is 480 g/mol. The molecule has 0 saturated heterocycles. The summed E-state index contributed by atoms with van der Waals surface area (Å²) in [6.45, 7) is 2.97. The standard InChI is InChI=1S/C19H18Cl2N6O3S/c1-2-26-17(10-22-16-9-12(20)3-8-15(16)21)24-25-19(26)31-11-18(28)23-13-4-6-14(7-5-13)27(29)30/h3-9,22H,2,10-11H2,1H3,(H,23,28). The van der Waals surface area contributed by atoms with Gasteiger partial charge in [-0.2, -0.15) is 0 Å². The van der Waals surface area contributed by atoms with E-state index in [0.717, 1.165) is 0 Å². The molecule has 0 aliphatic rings. The molecule has 0 aliphatic carbocycles. The molecule has 3 aromatic rings. The van der Waals surface area contributed by atoms with Gasteiger partial charge in [0, 0.05) is 29.4 Å². The lowest BCUT2D eigenvalue weighted by Gasteiger charge is -2.10. The van der Waals surface area contributed by atoms with Gasteiger partial charge in [0.1, 0.15) is 0 Å². The van der Waals surface area contributed by atoms with E-state index >= 15 is 0 Å². The molecule has 0 saturated carbocycles. The van der Waals surface area contributed by atoms with Crippen LogP contribution in [0.25, 0.3) is 0 Å². The molecule has 0 spiro atoms. The van der Waals surface area contributed by atoms with Crippen LogP contribution in [0.1, 0.15) is 12.7 Å². The Bertz CT molecular complexity index is 1090. The Hall–Kier alpha value is -2.82. The topological polar surface area (TPSA) is 115 Å². The normalized spacial score (nSPS) is 10.7. The molecule has 2 N–H and O–H groups in total. The Balaban J connectivity index is 1.58. The number of nitrogens with zero attached hydrogens (tertiary/aromatic N) is 4. The van der Waals surface area contributed by atoms with Gasteiger partial charge in [-0.1, -0.05) is 35.0 Å². The fourth-order valence-corrected chi connectivity index (χ4v) is 3.85. The summed E-state index contributed by atoms with van der Waals surface area (Å²) >= 11 is 13.4. The summed E-state index contributed by atoms with van der Waals surface area (Å²) < 4.78 is 1.90. The van der Waals surface area contributed by atoms with E-state index < -0.39 is 4.92 Å². The molecule has 1 aromatic heterocycles. The molecule has 0 atom stereocenters. The van der Waals surface area contributed by atoms with Crippen LogP contribution >= 0.6 is 35.0 Å². The van der Waals surface area contributed by atoms with Gasteiger partial charge in [0.2, 0.25) is 5.91 Å². The minimum atomic E-state index is -0.494. The van der Waals surface area contributed by atoms with Gasteiger partial charge < -0.3 is 15.2 Å². The van der Waals surface area contributed by atoms with Crippen molar-refractivity contribution >= 4 is 57.9 Å². The second-order valence-corrected chi connectivity index (χ2v) is 8.05. The predicted molar refractivity (Wildman–Crippen MR) is 122 cm³/mol. The molecule has 0 unspecified atom stereocenters. The lowest BCUT2D eigenvalue weighted by Crippen LogP contribution is -2.15. The van der Waals surface area contributed by atoms with Gasteiger partial charge in [0.25, 0.3) is 5.69 Å². The highest BCUT2D eigenvalue weighted by Gasteiger charge is 2.14. The third-order valence-corrected chi connectivity index (χ3v) is 5.70. The predicted octanol–water partition coefficient (Wildman–Crippen LogP) is 4.86. The largest absolute Gasteiger partial charge is 0.376 e. The summed E-state index contributed by atoms with van der Waals surface area (Å²) in [6, 6.07) is 10.8. The van der Waals surface area contributed by atoms with Crippen LogP contribution in [-0.4, -0.2) is 31.3 Å². The Labute approximate surface area is 192 Å². The molecule has 0 radical (unpaired) electrons. The molecule has 12 heteroatoms. The van der Waals surface area contributed by atoms with Crippen molar-refractivity contribution in [2.75, 3.05) is 16.4 Å². The van der Waals surface area contributed by atoms with Crippen LogP contribution in [-0.2, 0) is 17.9 Å². The summed E-state index contributed by atoms with van der Waals surface area (Å²) in [5, 5.41) is 26.7. The lowest BCUT2D eigenvalue weighted by molar-refractivity contribution is -0.384. The molecule has 162 valence electrons. The third kappa shape index (κ3) is 6.09. The maximum Gasteiger partial charge on any atom is 0.269 e. The zero-order chi connectivity index (χ0) is 22.4. The fourth-order valence-electron chi connectivity index (χ4n) is 2.68. The molecule has 0 fully saturated rings. The summed E-state index contributed by atoms with van der Waals surface area (Å²) in [6.07, 6.45) is 0. The van der Waals surface area contributed by atoms with Crippen molar-refractivity contribution in [3.63, 3.8) is 0 Å². The summed E-state index contributed by atoms with van der Waals surface area (Å²) in [5.41, 5.74) is 1.14. The van der Waals surface area contributed by atoms with Gasteiger partial charge in [0.15, 0.2) is 11.0 Å². The fraction of sp³-hybridized carbons (Fsp3) is 0.211. The second kappa shape index (κ2) is 10.5. The summed E-state index contributed by atoms with van der Waals surface area (Å²) in [5.74, 6) is 0.551. The van der Waals surface area contributed by atoms with Crippen LogP contribution in [0.5, 0.6) is 0 Å². The number of anilines is 2. The van der Waals surface area contributed by atoms with Gasteiger partial charge in [-0.05, 0) is 37.3 Å². The number of rotatable bonds is 9. The number of hydrogen-bond acceptors (Lipinski definition) is 7. The van der Waals surface area contributed by atoms with E-state index in [0.29, 0.717) is 45.5 Å². The minimum Gasteiger partial charge on any atom is -0.376 e. The number of benzene rings is 2. The molecule has 2 aromatic carbocycles.